The molecule has 0 amide bonds. The van der Waals surface area contributed by atoms with Gasteiger partial charge in [-0.3, -0.25) is 5.26 Å². The molecule has 1 heterocycles. The van der Waals surface area contributed by atoms with Crippen molar-refractivity contribution in [3.63, 3.8) is 0 Å². The average molecular weight is 148 g/mol. The van der Waals surface area contributed by atoms with Crippen LogP contribution >= 0.6 is 0 Å². The van der Waals surface area contributed by atoms with Gasteiger partial charge in [-0.2, -0.15) is 0 Å². The third-order valence-electron chi connectivity index (χ3n) is 1.53. The predicted molar refractivity (Wildman–Crippen MR) is 33.3 cm³/mol. The van der Waals surface area contributed by atoms with E-state index in [1.165, 1.54) is 0 Å². The summed E-state index contributed by atoms with van der Waals surface area (Å²) in [4.78, 5) is 3.87. The Morgan fingerprint density at radius 1 is 1.40 bits per heavy atom. The Bertz CT molecular complexity index is 95.7. The van der Waals surface area contributed by atoms with Crippen LogP contribution in [0.25, 0.3) is 0 Å². The van der Waals surface area contributed by atoms with Crippen molar-refractivity contribution in [2.45, 2.75) is 31.7 Å². The molecule has 1 rings (SSSR count). The van der Waals surface area contributed by atoms with Crippen molar-refractivity contribution in [2.24, 2.45) is 0 Å². The summed E-state index contributed by atoms with van der Waals surface area (Å²) in [5.41, 5.74) is 0. The molecule has 2 atom stereocenters. The summed E-state index contributed by atoms with van der Waals surface area (Å²) in [6, 6.07) is 0. The van der Waals surface area contributed by atoms with Crippen LogP contribution in [0.5, 0.6) is 0 Å². The van der Waals surface area contributed by atoms with Crippen LogP contribution in [0.3, 0.4) is 0 Å². The SMILES string of the molecule is OOCCCCC1OC1O. The lowest BCUT2D eigenvalue weighted by Gasteiger charge is -1.93. The van der Waals surface area contributed by atoms with E-state index in [2.05, 4.69) is 4.89 Å². The van der Waals surface area contributed by atoms with Crippen LogP contribution in [-0.4, -0.2) is 29.4 Å². The highest BCUT2D eigenvalue weighted by molar-refractivity contribution is 4.73. The first-order valence-electron chi connectivity index (χ1n) is 3.44. The van der Waals surface area contributed by atoms with Crippen LogP contribution < -0.4 is 0 Å². The van der Waals surface area contributed by atoms with Gasteiger partial charge in [0.25, 0.3) is 0 Å². The number of aliphatic hydroxyl groups is 1. The maximum Gasteiger partial charge on any atom is 0.181 e. The lowest BCUT2D eigenvalue weighted by molar-refractivity contribution is -0.242. The molecule has 0 aliphatic carbocycles. The fourth-order valence-corrected chi connectivity index (χ4v) is 0.856. The number of hydrogen-bond donors (Lipinski definition) is 2. The summed E-state index contributed by atoms with van der Waals surface area (Å²) in [6.07, 6.45) is 2.09. The van der Waals surface area contributed by atoms with Crippen LogP contribution in [0.2, 0.25) is 0 Å². The Balaban J connectivity index is 1.78. The van der Waals surface area contributed by atoms with Crippen molar-refractivity contribution in [2.75, 3.05) is 6.61 Å². The molecule has 60 valence electrons. The molecule has 0 aromatic rings. The molecular weight excluding hydrogens is 136 g/mol. The van der Waals surface area contributed by atoms with Crippen molar-refractivity contribution in [1.29, 1.82) is 0 Å². The second kappa shape index (κ2) is 3.88. The van der Waals surface area contributed by atoms with E-state index in [0.717, 1.165) is 19.3 Å². The maximum atomic E-state index is 8.68. The summed E-state index contributed by atoms with van der Waals surface area (Å²) >= 11 is 0. The van der Waals surface area contributed by atoms with Gasteiger partial charge < -0.3 is 9.84 Å². The Morgan fingerprint density at radius 2 is 2.10 bits per heavy atom. The van der Waals surface area contributed by atoms with Gasteiger partial charge in [0.15, 0.2) is 6.29 Å². The van der Waals surface area contributed by atoms with E-state index in [1.807, 2.05) is 0 Å². The molecule has 1 saturated heterocycles. The molecule has 1 fully saturated rings. The first kappa shape index (κ1) is 7.94. The fraction of sp³-hybridized carbons (Fsp3) is 1.00. The summed E-state index contributed by atoms with van der Waals surface area (Å²) in [7, 11) is 0. The second-order valence-corrected chi connectivity index (χ2v) is 2.39. The molecule has 0 aromatic heterocycles. The van der Waals surface area contributed by atoms with E-state index in [1.54, 1.807) is 0 Å². The minimum absolute atomic E-state index is 0.0405. The van der Waals surface area contributed by atoms with Gasteiger partial charge in [-0.25, -0.2) is 4.89 Å². The first-order valence-corrected chi connectivity index (χ1v) is 3.44. The van der Waals surface area contributed by atoms with E-state index in [9.17, 15) is 0 Å². The number of hydrogen-bond acceptors (Lipinski definition) is 4. The first-order chi connectivity index (χ1) is 4.84. The Labute approximate surface area is 59.3 Å². The molecule has 0 spiro atoms. The lowest BCUT2D eigenvalue weighted by atomic mass is 10.2. The smallest absolute Gasteiger partial charge is 0.181 e. The van der Waals surface area contributed by atoms with E-state index >= 15 is 0 Å². The number of unbranched alkanes of at least 4 members (excludes halogenated alkanes) is 1. The highest BCUT2D eigenvalue weighted by Gasteiger charge is 2.35. The molecule has 10 heavy (non-hydrogen) atoms. The normalized spacial score (nSPS) is 30.6. The number of epoxide rings is 1. The van der Waals surface area contributed by atoms with Crippen LogP contribution in [0.15, 0.2) is 0 Å². The lowest BCUT2D eigenvalue weighted by Crippen LogP contribution is -1.94. The van der Waals surface area contributed by atoms with Gasteiger partial charge in [0.1, 0.15) is 6.10 Å². The van der Waals surface area contributed by atoms with Gasteiger partial charge in [-0.15, -0.1) is 0 Å². The minimum Gasteiger partial charge on any atom is -0.366 e. The van der Waals surface area contributed by atoms with E-state index in [-0.39, 0.29) is 6.10 Å². The number of rotatable bonds is 5. The van der Waals surface area contributed by atoms with Gasteiger partial charge >= 0.3 is 0 Å². The predicted octanol–water partition coefficient (Wildman–Crippen LogP) is 0.363. The summed E-state index contributed by atoms with van der Waals surface area (Å²) < 4.78 is 4.75. The third kappa shape index (κ3) is 2.62. The monoisotopic (exact) mass is 148 g/mol. The van der Waals surface area contributed by atoms with E-state index in [4.69, 9.17) is 15.1 Å². The number of aliphatic hydroxyl groups excluding tert-OH is 1. The van der Waals surface area contributed by atoms with E-state index < -0.39 is 6.29 Å². The molecule has 1 aliphatic rings. The number of ether oxygens (including phenoxy) is 1. The molecule has 2 N–H and O–H groups in total. The standard InChI is InChI=1S/C6H12O4/c7-6-5(10-6)3-1-2-4-9-8/h5-8H,1-4H2. The zero-order chi connectivity index (χ0) is 7.40. The van der Waals surface area contributed by atoms with Gasteiger partial charge in [0.2, 0.25) is 0 Å². The van der Waals surface area contributed by atoms with Crippen molar-refractivity contribution < 1.29 is 20.0 Å². The maximum absolute atomic E-state index is 8.68. The quantitative estimate of drug-likeness (QED) is 0.256. The van der Waals surface area contributed by atoms with Gasteiger partial charge in [0, 0.05) is 0 Å². The van der Waals surface area contributed by atoms with Crippen LogP contribution in [0.1, 0.15) is 19.3 Å². The van der Waals surface area contributed by atoms with Gasteiger partial charge in [0.05, 0.1) is 6.61 Å². The summed E-state index contributed by atoms with van der Waals surface area (Å²) in [5, 5.41) is 16.6. The molecular formula is C6H12O4. The second-order valence-electron chi connectivity index (χ2n) is 2.39. The Morgan fingerprint density at radius 3 is 2.60 bits per heavy atom. The van der Waals surface area contributed by atoms with Crippen molar-refractivity contribution >= 4 is 0 Å². The molecule has 0 saturated carbocycles. The van der Waals surface area contributed by atoms with Crippen molar-refractivity contribution in [3.05, 3.63) is 0 Å². The molecule has 4 nitrogen and oxygen atoms in total. The zero-order valence-corrected chi connectivity index (χ0v) is 5.69. The Hall–Kier alpha value is -0.160. The zero-order valence-electron chi connectivity index (χ0n) is 5.69. The molecule has 0 bridgehead atoms. The molecule has 4 heteroatoms. The van der Waals surface area contributed by atoms with Crippen LogP contribution in [-0.2, 0) is 9.62 Å². The minimum atomic E-state index is -0.532. The topological polar surface area (TPSA) is 62.2 Å². The highest BCUT2D eigenvalue weighted by Crippen LogP contribution is 2.23. The summed E-state index contributed by atoms with van der Waals surface area (Å²) in [5.74, 6) is 0. The Kier molecular flexibility index (Phi) is 3.08. The molecule has 1 aliphatic heterocycles. The van der Waals surface area contributed by atoms with Gasteiger partial charge in [-0.05, 0) is 19.3 Å². The molecule has 0 radical (unpaired) electrons. The van der Waals surface area contributed by atoms with Crippen LogP contribution in [0, 0.1) is 0 Å². The third-order valence-corrected chi connectivity index (χ3v) is 1.53. The van der Waals surface area contributed by atoms with Crippen LogP contribution in [0.4, 0.5) is 0 Å². The average Bonchev–Trinajstić information content (AvgIpc) is 2.60. The molecule has 0 aromatic carbocycles. The fourth-order valence-electron chi connectivity index (χ4n) is 0.856. The van der Waals surface area contributed by atoms with Crippen molar-refractivity contribution in [1.82, 2.24) is 0 Å². The van der Waals surface area contributed by atoms with E-state index in [0.29, 0.717) is 6.61 Å². The largest absolute Gasteiger partial charge is 0.366 e. The molecule has 2 unspecified atom stereocenters. The highest BCUT2D eigenvalue weighted by atomic mass is 17.1. The van der Waals surface area contributed by atoms with Gasteiger partial charge in [-0.1, -0.05) is 0 Å². The summed E-state index contributed by atoms with van der Waals surface area (Å²) in [6.45, 7) is 0.364. The van der Waals surface area contributed by atoms with Crippen molar-refractivity contribution in [3.8, 4) is 0 Å².